The predicted molar refractivity (Wildman–Crippen MR) is 156 cm³/mol. The lowest BCUT2D eigenvalue weighted by atomic mass is 9.90. The highest BCUT2D eigenvalue weighted by Crippen LogP contribution is 2.25. The van der Waals surface area contributed by atoms with Gasteiger partial charge in [-0.25, -0.2) is 9.97 Å². The molecule has 1 fully saturated rings. The van der Waals surface area contributed by atoms with Gasteiger partial charge in [0, 0.05) is 36.8 Å². The molecule has 3 nitrogen and oxygen atoms in total. The van der Waals surface area contributed by atoms with Crippen molar-refractivity contribution in [2.75, 3.05) is 13.1 Å². The number of hydrogen-bond donors (Lipinski definition) is 0. The maximum Gasteiger partial charge on any atom is 0.132 e. The van der Waals surface area contributed by atoms with Crippen LogP contribution in [0.25, 0.3) is 0 Å². The Labute approximate surface area is 228 Å². The van der Waals surface area contributed by atoms with Crippen LogP contribution in [-0.2, 0) is 25.8 Å². The van der Waals surface area contributed by atoms with E-state index in [2.05, 4.69) is 84.2 Å². The molecule has 0 aliphatic carbocycles. The van der Waals surface area contributed by atoms with E-state index in [1.54, 1.807) is 0 Å². The highest BCUT2D eigenvalue weighted by atomic mass is 15.1. The van der Waals surface area contributed by atoms with E-state index < -0.39 is 0 Å². The van der Waals surface area contributed by atoms with Crippen LogP contribution in [0.2, 0.25) is 0 Å². The molecule has 38 heavy (non-hydrogen) atoms. The first-order chi connectivity index (χ1) is 18.6. The Morgan fingerprint density at radius 1 is 0.842 bits per heavy atom. The second kappa shape index (κ2) is 12.2. The van der Waals surface area contributed by atoms with Crippen LogP contribution < -0.4 is 0 Å². The van der Waals surface area contributed by atoms with E-state index >= 15 is 0 Å². The molecule has 0 bridgehead atoms. The lowest BCUT2D eigenvalue weighted by molar-refractivity contribution is 0.177. The molecule has 0 saturated carbocycles. The molecule has 0 radical (unpaired) electrons. The molecule has 1 saturated heterocycles. The molecule has 1 aromatic heterocycles. The molecule has 0 unspecified atom stereocenters. The SMILES string of the molecule is C#Cc1ccc(Cc2nccc(Cc3c(C)cc(CN4CCC(Cc5ccccc5)CC4)cc3C)n2)cc1. The van der Waals surface area contributed by atoms with Crippen molar-refractivity contribution in [3.63, 3.8) is 0 Å². The van der Waals surface area contributed by atoms with Gasteiger partial charge < -0.3 is 0 Å². The van der Waals surface area contributed by atoms with Crippen LogP contribution in [0.3, 0.4) is 0 Å². The second-order valence-corrected chi connectivity index (χ2v) is 10.8. The third kappa shape index (κ3) is 6.77. The Morgan fingerprint density at radius 3 is 2.24 bits per heavy atom. The van der Waals surface area contributed by atoms with Crippen molar-refractivity contribution in [1.82, 2.24) is 14.9 Å². The summed E-state index contributed by atoms with van der Waals surface area (Å²) in [4.78, 5) is 12.0. The van der Waals surface area contributed by atoms with Gasteiger partial charge >= 0.3 is 0 Å². The minimum absolute atomic E-state index is 0.706. The Hall–Kier alpha value is -3.74. The van der Waals surface area contributed by atoms with Crippen LogP contribution in [0.4, 0.5) is 0 Å². The molecule has 2 heterocycles. The van der Waals surface area contributed by atoms with Gasteiger partial charge in [0.1, 0.15) is 5.82 Å². The zero-order valence-corrected chi connectivity index (χ0v) is 22.7. The van der Waals surface area contributed by atoms with E-state index in [1.807, 2.05) is 24.4 Å². The van der Waals surface area contributed by atoms with Crippen molar-refractivity contribution in [2.45, 2.75) is 52.5 Å². The highest BCUT2D eigenvalue weighted by molar-refractivity contribution is 5.40. The van der Waals surface area contributed by atoms with Crippen LogP contribution >= 0.6 is 0 Å². The first-order valence-electron chi connectivity index (χ1n) is 13.8. The van der Waals surface area contributed by atoms with Crippen molar-refractivity contribution in [1.29, 1.82) is 0 Å². The predicted octanol–water partition coefficient (Wildman–Crippen LogP) is 6.71. The summed E-state index contributed by atoms with van der Waals surface area (Å²) in [5.74, 6) is 4.32. The smallest absolute Gasteiger partial charge is 0.132 e. The standard InChI is InChI=1S/C35H37N3/c1-4-28-10-12-30(13-11-28)23-35-36-17-14-33(37-35)24-34-26(2)20-32(21-27(34)3)25-38-18-15-31(16-19-38)22-29-8-6-5-7-9-29/h1,5-14,17,20-21,31H,15-16,18-19,22-25H2,2-3H3. The van der Waals surface area contributed by atoms with Crippen LogP contribution in [0.15, 0.2) is 79.0 Å². The summed E-state index contributed by atoms with van der Waals surface area (Å²) >= 11 is 0. The molecule has 5 rings (SSSR count). The van der Waals surface area contributed by atoms with Crippen molar-refractivity contribution >= 4 is 0 Å². The summed E-state index contributed by atoms with van der Waals surface area (Å²) in [6.07, 6.45) is 12.7. The number of benzene rings is 3. The molecule has 3 aromatic carbocycles. The van der Waals surface area contributed by atoms with E-state index in [9.17, 15) is 0 Å². The molecule has 0 spiro atoms. The number of terminal acetylenes is 1. The molecule has 0 N–H and O–H groups in total. The Kier molecular flexibility index (Phi) is 8.31. The van der Waals surface area contributed by atoms with E-state index in [0.717, 1.165) is 36.0 Å². The van der Waals surface area contributed by atoms with Gasteiger partial charge in [0.2, 0.25) is 0 Å². The number of aryl methyl sites for hydroxylation is 2. The van der Waals surface area contributed by atoms with Crippen molar-refractivity contribution in [2.24, 2.45) is 5.92 Å². The highest BCUT2D eigenvalue weighted by Gasteiger charge is 2.20. The first-order valence-corrected chi connectivity index (χ1v) is 13.8. The van der Waals surface area contributed by atoms with E-state index in [0.29, 0.717) is 6.42 Å². The third-order valence-electron chi connectivity index (χ3n) is 7.84. The van der Waals surface area contributed by atoms with Crippen molar-refractivity contribution in [3.8, 4) is 12.3 Å². The van der Waals surface area contributed by atoms with Gasteiger partial charge in [-0.15, -0.1) is 6.42 Å². The minimum Gasteiger partial charge on any atom is -0.299 e. The van der Waals surface area contributed by atoms with Crippen LogP contribution in [0.1, 0.15) is 63.3 Å². The zero-order valence-electron chi connectivity index (χ0n) is 22.7. The number of nitrogens with zero attached hydrogens (tertiary/aromatic N) is 3. The number of aromatic nitrogens is 2. The third-order valence-corrected chi connectivity index (χ3v) is 7.84. The lowest BCUT2D eigenvalue weighted by Crippen LogP contribution is -2.33. The van der Waals surface area contributed by atoms with Crippen LogP contribution in [0.5, 0.6) is 0 Å². The van der Waals surface area contributed by atoms with Crippen molar-refractivity contribution in [3.05, 3.63) is 129 Å². The number of likely N-dealkylation sites (tertiary alicyclic amines) is 1. The number of piperidine rings is 1. The fourth-order valence-electron chi connectivity index (χ4n) is 5.71. The Bertz CT molecular complexity index is 1370. The van der Waals surface area contributed by atoms with E-state index in [1.165, 1.54) is 65.7 Å². The molecule has 4 aromatic rings. The van der Waals surface area contributed by atoms with Crippen molar-refractivity contribution < 1.29 is 0 Å². The second-order valence-electron chi connectivity index (χ2n) is 10.8. The summed E-state index contributed by atoms with van der Waals surface area (Å²) in [6.45, 7) is 7.90. The van der Waals surface area contributed by atoms with Crippen LogP contribution in [0, 0.1) is 32.1 Å². The van der Waals surface area contributed by atoms with Gasteiger partial charge in [-0.05, 0) is 104 Å². The fourth-order valence-corrected chi connectivity index (χ4v) is 5.71. The fraction of sp³-hybridized carbons (Fsp3) is 0.314. The maximum absolute atomic E-state index is 5.48. The van der Waals surface area contributed by atoms with Gasteiger partial charge in [0.25, 0.3) is 0 Å². The summed E-state index contributed by atoms with van der Waals surface area (Å²) < 4.78 is 0. The van der Waals surface area contributed by atoms with Gasteiger partial charge in [-0.3, -0.25) is 4.90 Å². The van der Waals surface area contributed by atoms with Gasteiger partial charge in [-0.1, -0.05) is 60.5 Å². The topological polar surface area (TPSA) is 29.0 Å². The van der Waals surface area contributed by atoms with Gasteiger partial charge in [-0.2, -0.15) is 0 Å². The molecule has 1 aliphatic rings. The monoisotopic (exact) mass is 499 g/mol. The molecule has 3 heteroatoms. The summed E-state index contributed by atoms with van der Waals surface area (Å²) in [6, 6.07) is 25.8. The lowest BCUT2D eigenvalue weighted by Gasteiger charge is -2.32. The van der Waals surface area contributed by atoms with Gasteiger partial charge in [0.15, 0.2) is 0 Å². The average molecular weight is 500 g/mol. The Balaban J connectivity index is 1.19. The summed E-state index contributed by atoms with van der Waals surface area (Å²) in [5, 5.41) is 0. The molecule has 192 valence electrons. The summed E-state index contributed by atoms with van der Waals surface area (Å²) in [5.41, 5.74) is 10.1. The van der Waals surface area contributed by atoms with Crippen LogP contribution in [-0.4, -0.2) is 28.0 Å². The molecular formula is C35H37N3. The molecule has 1 aliphatic heterocycles. The quantitative estimate of drug-likeness (QED) is 0.252. The molecular weight excluding hydrogens is 462 g/mol. The minimum atomic E-state index is 0.706. The number of rotatable bonds is 8. The first kappa shape index (κ1) is 25.9. The van der Waals surface area contributed by atoms with E-state index in [-0.39, 0.29) is 0 Å². The van der Waals surface area contributed by atoms with Gasteiger partial charge in [0.05, 0.1) is 0 Å². The van der Waals surface area contributed by atoms with E-state index in [4.69, 9.17) is 11.4 Å². The Morgan fingerprint density at radius 2 is 1.55 bits per heavy atom. The summed E-state index contributed by atoms with van der Waals surface area (Å²) in [7, 11) is 0. The zero-order chi connectivity index (χ0) is 26.3. The largest absolute Gasteiger partial charge is 0.299 e. The molecule has 0 atom stereocenters. The normalized spacial score (nSPS) is 14.3. The average Bonchev–Trinajstić information content (AvgIpc) is 2.93. The molecule has 0 amide bonds. The number of hydrogen-bond acceptors (Lipinski definition) is 3. The maximum atomic E-state index is 5.48.